The highest BCUT2D eigenvalue weighted by Gasteiger charge is 2.23. The molecule has 1 aromatic rings. The number of ether oxygens (including phenoxy) is 1. The zero-order valence-electron chi connectivity index (χ0n) is 12.9. The van der Waals surface area contributed by atoms with Crippen molar-refractivity contribution in [3.05, 3.63) is 23.8 Å². The molecule has 0 aromatic heterocycles. The van der Waals surface area contributed by atoms with Crippen LogP contribution in [0, 0.1) is 5.92 Å². The van der Waals surface area contributed by atoms with E-state index < -0.39 is 9.05 Å². The second kappa shape index (κ2) is 6.17. The molecule has 2 rings (SSSR count). The van der Waals surface area contributed by atoms with Gasteiger partial charge in [0.25, 0.3) is 9.05 Å². The first-order valence-electron chi connectivity index (χ1n) is 7.40. The molecule has 3 nitrogen and oxygen atoms in total. The first-order valence-corrected chi connectivity index (χ1v) is 9.71. The van der Waals surface area contributed by atoms with Crippen LogP contribution in [-0.2, 0) is 14.5 Å². The predicted molar refractivity (Wildman–Crippen MR) is 85.6 cm³/mol. The highest BCUT2D eigenvalue weighted by atomic mass is 35.7. The smallest absolute Gasteiger partial charge is 0.261 e. The molecule has 0 heterocycles. The summed E-state index contributed by atoms with van der Waals surface area (Å²) in [6.07, 6.45) is 5.01. The Morgan fingerprint density at radius 3 is 2.38 bits per heavy atom. The normalized spacial score (nSPS) is 17.1. The molecule has 0 saturated heterocycles. The van der Waals surface area contributed by atoms with Crippen LogP contribution in [-0.4, -0.2) is 15.0 Å². The molecule has 1 fully saturated rings. The van der Waals surface area contributed by atoms with Gasteiger partial charge in [0.15, 0.2) is 0 Å². The van der Waals surface area contributed by atoms with E-state index in [0.717, 1.165) is 11.3 Å². The number of hydrogen-bond acceptors (Lipinski definition) is 3. The molecule has 1 aromatic carbocycles. The molecule has 5 heteroatoms. The van der Waals surface area contributed by atoms with E-state index in [1.54, 1.807) is 12.1 Å². The third-order valence-electron chi connectivity index (χ3n) is 3.99. The SMILES string of the molecule is CC(C)(C)c1cc(S(=O)(=O)Cl)ccc1OCC1CCCC1. The van der Waals surface area contributed by atoms with Gasteiger partial charge < -0.3 is 4.74 Å². The van der Waals surface area contributed by atoms with E-state index >= 15 is 0 Å². The fraction of sp³-hybridized carbons (Fsp3) is 0.625. The average Bonchev–Trinajstić information content (AvgIpc) is 2.87. The fourth-order valence-corrected chi connectivity index (χ4v) is 3.53. The van der Waals surface area contributed by atoms with Gasteiger partial charge in [0, 0.05) is 16.2 Å². The molecule has 0 bridgehead atoms. The van der Waals surface area contributed by atoms with Crippen LogP contribution in [0.25, 0.3) is 0 Å². The van der Waals surface area contributed by atoms with Crippen LogP contribution in [0.2, 0.25) is 0 Å². The van der Waals surface area contributed by atoms with Crippen LogP contribution in [0.5, 0.6) is 5.75 Å². The topological polar surface area (TPSA) is 43.4 Å². The van der Waals surface area contributed by atoms with E-state index in [0.29, 0.717) is 12.5 Å². The van der Waals surface area contributed by atoms with Crippen molar-refractivity contribution in [1.82, 2.24) is 0 Å². The van der Waals surface area contributed by atoms with Gasteiger partial charge in [0.05, 0.1) is 11.5 Å². The summed E-state index contributed by atoms with van der Waals surface area (Å²) in [6, 6.07) is 4.87. The largest absolute Gasteiger partial charge is 0.493 e. The Morgan fingerprint density at radius 2 is 1.86 bits per heavy atom. The number of halogens is 1. The highest BCUT2D eigenvalue weighted by Crippen LogP contribution is 2.35. The summed E-state index contributed by atoms with van der Waals surface area (Å²) >= 11 is 0. The van der Waals surface area contributed by atoms with Crippen LogP contribution in [0.4, 0.5) is 0 Å². The van der Waals surface area contributed by atoms with Crippen molar-refractivity contribution in [2.24, 2.45) is 5.92 Å². The predicted octanol–water partition coefficient (Wildman–Crippen LogP) is 4.48. The van der Waals surface area contributed by atoms with Crippen molar-refractivity contribution in [2.45, 2.75) is 56.8 Å². The molecule has 1 saturated carbocycles. The monoisotopic (exact) mass is 330 g/mol. The molecular formula is C16H23ClO3S. The maximum absolute atomic E-state index is 11.5. The summed E-state index contributed by atoms with van der Waals surface area (Å²) in [4.78, 5) is 0.127. The van der Waals surface area contributed by atoms with E-state index in [4.69, 9.17) is 15.4 Å². The fourth-order valence-electron chi connectivity index (χ4n) is 2.76. The molecule has 0 spiro atoms. The van der Waals surface area contributed by atoms with Crippen molar-refractivity contribution in [3.8, 4) is 5.75 Å². The summed E-state index contributed by atoms with van der Waals surface area (Å²) in [6.45, 7) is 6.82. The quantitative estimate of drug-likeness (QED) is 0.764. The lowest BCUT2D eigenvalue weighted by Crippen LogP contribution is -2.16. The molecule has 0 aliphatic heterocycles. The summed E-state index contributed by atoms with van der Waals surface area (Å²) in [5.41, 5.74) is 0.671. The van der Waals surface area contributed by atoms with Crippen LogP contribution >= 0.6 is 10.7 Å². The van der Waals surface area contributed by atoms with Crippen LogP contribution in [0.3, 0.4) is 0 Å². The molecular weight excluding hydrogens is 308 g/mol. The molecule has 1 aliphatic carbocycles. The highest BCUT2D eigenvalue weighted by molar-refractivity contribution is 8.13. The Kier molecular flexibility index (Phi) is 4.89. The van der Waals surface area contributed by atoms with Gasteiger partial charge in [-0.2, -0.15) is 0 Å². The van der Waals surface area contributed by atoms with Gasteiger partial charge in [0.2, 0.25) is 0 Å². The van der Waals surface area contributed by atoms with Crippen molar-refractivity contribution < 1.29 is 13.2 Å². The van der Waals surface area contributed by atoms with Gasteiger partial charge in [-0.25, -0.2) is 8.42 Å². The Bertz CT molecular complexity index is 596. The van der Waals surface area contributed by atoms with Crippen molar-refractivity contribution >= 4 is 19.7 Å². The number of hydrogen-bond donors (Lipinski definition) is 0. The lowest BCUT2D eigenvalue weighted by Gasteiger charge is -2.24. The molecule has 21 heavy (non-hydrogen) atoms. The minimum absolute atomic E-state index is 0.127. The molecule has 0 amide bonds. The first kappa shape index (κ1) is 16.6. The zero-order valence-corrected chi connectivity index (χ0v) is 14.4. The number of benzene rings is 1. The lowest BCUT2D eigenvalue weighted by molar-refractivity contribution is 0.247. The van der Waals surface area contributed by atoms with Gasteiger partial charge in [-0.3, -0.25) is 0 Å². The standard InChI is InChI=1S/C16H23ClO3S/c1-16(2,3)14-10-13(21(17,18)19)8-9-15(14)20-11-12-6-4-5-7-12/h8-10,12H,4-7,11H2,1-3H3. The van der Waals surface area contributed by atoms with E-state index in [1.807, 2.05) is 20.8 Å². The van der Waals surface area contributed by atoms with E-state index in [1.165, 1.54) is 31.7 Å². The summed E-state index contributed by atoms with van der Waals surface area (Å²) < 4.78 is 29.0. The Balaban J connectivity index is 2.27. The maximum Gasteiger partial charge on any atom is 0.261 e. The summed E-state index contributed by atoms with van der Waals surface area (Å²) in [7, 11) is 1.73. The molecule has 0 radical (unpaired) electrons. The van der Waals surface area contributed by atoms with Gasteiger partial charge in [-0.05, 0) is 42.4 Å². The van der Waals surface area contributed by atoms with Gasteiger partial charge in [-0.1, -0.05) is 33.6 Å². The Hall–Kier alpha value is -0.740. The second-order valence-electron chi connectivity index (χ2n) is 6.81. The van der Waals surface area contributed by atoms with Crippen LogP contribution in [0.15, 0.2) is 23.1 Å². The summed E-state index contributed by atoms with van der Waals surface area (Å²) in [5.74, 6) is 1.38. The molecule has 1 aliphatic rings. The molecule has 118 valence electrons. The number of rotatable bonds is 4. The van der Waals surface area contributed by atoms with E-state index in [-0.39, 0.29) is 10.3 Å². The van der Waals surface area contributed by atoms with Gasteiger partial charge in [0.1, 0.15) is 5.75 Å². The van der Waals surface area contributed by atoms with Crippen LogP contribution < -0.4 is 4.74 Å². The van der Waals surface area contributed by atoms with E-state index in [9.17, 15) is 8.42 Å². The molecule has 0 unspecified atom stereocenters. The lowest BCUT2D eigenvalue weighted by atomic mass is 9.86. The zero-order chi connectivity index (χ0) is 15.7. The molecule has 0 atom stereocenters. The van der Waals surface area contributed by atoms with E-state index in [2.05, 4.69) is 0 Å². The maximum atomic E-state index is 11.5. The molecule has 0 N–H and O–H groups in total. The third-order valence-corrected chi connectivity index (χ3v) is 5.34. The minimum Gasteiger partial charge on any atom is -0.493 e. The minimum atomic E-state index is -3.72. The van der Waals surface area contributed by atoms with Crippen LogP contribution in [0.1, 0.15) is 52.0 Å². The summed E-state index contributed by atoms with van der Waals surface area (Å²) in [5, 5.41) is 0. The second-order valence-corrected chi connectivity index (χ2v) is 9.37. The third kappa shape index (κ3) is 4.36. The Labute approximate surface area is 132 Å². The Morgan fingerprint density at radius 1 is 1.24 bits per heavy atom. The van der Waals surface area contributed by atoms with Gasteiger partial charge >= 0.3 is 0 Å². The van der Waals surface area contributed by atoms with Crippen molar-refractivity contribution in [1.29, 1.82) is 0 Å². The van der Waals surface area contributed by atoms with Gasteiger partial charge in [-0.15, -0.1) is 0 Å². The van der Waals surface area contributed by atoms with Crippen molar-refractivity contribution in [2.75, 3.05) is 6.61 Å². The van der Waals surface area contributed by atoms with Crippen molar-refractivity contribution in [3.63, 3.8) is 0 Å². The average molecular weight is 331 g/mol. The first-order chi connectivity index (χ1) is 9.68.